The maximum absolute atomic E-state index is 10.2. The van der Waals surface area contributed by atoms with Crippen molar-refractivity contribution in [1.29, 1.82) is 0 Å². The van der Waals surface area contributed by atoms with Gasteiger partial charge in [-0.1, -0.05) is 64.4 Å². The molecule has 2 N–H and O–H groups in total. The number of unbranched alkanes of at least 4 members (excludes halogenated alkanes) is 9. The van der Waals surface area contributed by atoms with E-state index in [4.69, 9.17) is 10.2 Å². The molecule has 0 aliphatic carbocycles. The highest BCUT2D eigenvalue weighted by molar-refractivity contribution is 5.80. The Labute approximate surface area is 117 Å². The molecule has 110 valence electrons. The van der Waals surface area contributed by atoms with Gasteiger partial charge in [-0.25, -0.2) is 4.79 Å². The lowest BCUT2D eigenvalue weighted by Gasteiger charge is -2.00. The van der Waals surface area contributed by atoms with Crippen molar-refractivity contribution in [1.82, 2.24) is 0 Å². The number of aliphatic hydroxyl groups is 1. The molecule has 0 aliphatic rings. The number of aliphatic hydroxyl groups excluding tert-OH is 1. The van der Waals surface area contributed by atoms with Crippen LogP contribution in [0.4, 0.5) is 0 Å². The van der Waals surface area contributed by atoms with E-state index in [1.54, 1.807) is 0 Å². The number of hydrogen-bond acceptors (Lipinski definition) is 2. The van der Waals surface area contributed by atoms with Crippen LogP contribution < -0.4 is 0 Å². The fourth-order valence-corrected chi connectivity index (χ4v) is 1.95. The number of carboxylic acid groups (broad SMARTS) is 1. The Morgan fingerprint density at radius 2 is 1.42 bits per heavy atom. The molecule has 3 nitrogen and oxygen atoms in total. The molecule has 0 saturated carbocycles. The average molecular weight is 268 g/mol. The highest BCUT2D eigenvalue weighted by atomic mass is 16.4. The number of aliphatic carboxylic acids is 1. The van der Waals surface area contributed by atoms with Crippen molar-refractivity contribution in [3.8, 4) is 0 Å². The Morgan fingerprint density at radius 3 is 1.95 bits per heavy atom. The minimum absolute atomic E-state index is 0.191. The number of carboxylic acids is 1. The molecule has 3 heteroatoms. The molecule has 0 radical (unpaired) electrons. The highest BCUT2D eigenvalue weighted by Gasteiger charge is 1.93. The Kier molecular flexibility index (Phi) is 12.3. The van der Waals surface area contributed by atoms with Gasteiger partial charge < -0.3 is 10.2 Å². The monoisotopic (exact) mass is 268 g/mol. The summed E-state index contributed by atoms with van der Waals surface area (Å²) in [4.78, 5) is 10.2. The summed E-state index contributed by atoms with van der Waals surface area (Å²) in [5, 5.41) is 17.5. The van der Waals surface area contributed by atoms with Crippen molar-refractivity contribution in [3.63, 3.8) is 0 Å². The van der Waals surface area contributed by atoms with Crippen LogP contribution in [0.1, 0.15) is 71.1 Å². The standard InChI is InChI=1S/C16H28O3/c1-2-3-4-5-6-7-8-9-10-11-12-13-15(17)14-16(18)19/h12-14,17H,2-11H2,1H3,(H,18,19)/b13-12+,15-14-. The Balaban J connectivity index is 3.31. The zero-order chi connectivity index (χ0) is 14.3. The van der Waals surface area contributed by atoms with E-state index in [1.165, 1.54) is 57.4 Å². The van der Waals surface area contributed by atoms with Crippen LogP contribution in [0.2, 0.25) is 0 Å². The van der Waals surface area contributed by atoms with Gasteiger partial charge in [0.05, 0.1) is 6.08 Å². The van der Waals surface area contributed by atoms with Gasteiger partial charge in [0.2, 0.25) is 0 Å². The van der Waals surface area contributed by atoms with Crippen molar-refractivity contribution in [3.05, 3.63) is 24.0 Å². The summed E-state index contributed by atoms with van der Waals surface area (Å²) in [6, 6.07) is 0. The second-order valence-corrected chi connectivity index (χ2v) is 4.93. The van der Waals surface area contributed by atoms with Crippen LogP contribution in [0.25, 0.3) is 0 Å². The maximum Gasteiger partial charge on any atom is 0.332 e. The molecule has 0 heterocycles. The van der Waals surface area contributed by atoms with Crippen LogP contribution in [0.5, 0.6) is 0 Å². The van der Waals surface area contributed by atoms with Gasteiger partial charge in [0.15, 0.2) is 0 Å². The van der Waals surface area contributed by atoms with Gasteiger partial charge in [0.1, 0.15) is 5.76 Å². The zero-order valence-corrected chi connectivity index (χ0v) is 12.1. The van der Waals surface area contributed by atoms with Gasteiger partial charge in [0, 0.05) is 0 Å². The molecule has 0 bridgehead atoms. The molecule has 0 unspecified atom stereocenters. The zero-order valence-electron chi connectivity index (χ0n) is 12.1. The first kappa shape index (κ1) is 17.8. The lowest BCUT2D eigenvalue weighted by atomic mass is 10.1. The van der Waals surface area contributed by atoms with E-state index in [1.807, 2.05) is 6.08 Å². The minimum atomic E-state index is -1.12. The fraction of sp³-hybridized carbons (Fsp3) is 0.688. The molecule has 0 aromatic heterocycles. The summed E-state index contributed by atoms with van der Waals surface area (Å²) in [7, 11) is 0. The van der Waals surface area contributed by atoms with Gasteiger partial charge in [-0.3, -0.25) is 0 Å². The summed E-state index contributed by atoms with van der Waals surface area (Å²) in [6.45, 7) is 2.23. The van der Waals surface area contributed by atoms with E-state index >= 15 is 0 Å². The third kappa shape index (κ3) is 14.7. The third-order valence-electron chi connectivity index (χ3n) is 3.03. The molecular weight excluding hydrogens is 240 g/mol. The summed E-state index contributed by atoms with van der Waals surface area (Å²) in [5.41, 5.74) is 0. The van der Waals surface area contributed by atoms with Crippen molar-refractivity contribution >= 4 is 5.97 Å². The van der Waals surface area contributed by atoms with Crippen LogP contribution in [0, 0.1) is 0 Å². The summed E-state index contributed by atoms with van der Waals surface area (Å²) in [6.07, 6.45) is 16.6. The first-order valence-corrected chi connectivity index (χ1v) is 7.47. The molecule has 0 fully saturated rings. The van der Waals surface area contributed by atoms with Crippen LogP contribution in [0.15, 0.2) is 24.0 Å². The second-order valence-electron chi connectivity index (χ2n) is 4.93. The summed E-state index contributed by atoms with van der Waals surface area (Å²) in [5.74, 6) is -1.31. The van der Waals surface area contributed by atoms with E-state index in [-0.39, 0.29) is 5.76 Å². The van der Waals surface area contributed by atoms with Crippen LogP contribution in [0.3, 0.4) is 0 Å². The fourth-order valence-electron chi connectivity index (χ4n) is 1.95. The first-order valence-electron chi connectivity index (χ1n) is 7.47. The minimum Gasteiger partial charge on any atom is -0.508 e. The number of allylic oxidation sites excluding steroid dienone is 2. The summed E-state index contributed by atoms with van der Waals surface area (Å²) >= 11 is 0. The molecule has 0 atom stereocenters. The van der Waals surface area contributed by atoms with Crippen molar-refractivity contribution in [2.45, 2.75) is 71.1 Å². The van der Waals surface area contributed by atoms with Crippen LogP contribution >= 0.6 is 0 Å². The van der Waals surface area contributed by atoms with Crippen LogP contribution in [-0.4, -0.2) is 16.2 Å². The molecule has 0 saturated heterocycles. The predicted octanol–water partition coefficient (Wildman–Crippen LogP) is 4.99. The molecule has 0 aromatic carbocycles. The van der Waals surface area contributed by atoms with Crippen LogP contribution in [-0.2, 0) is 4.79 Å². The number of hydrogen-bond donors (Lipinski definition) is 2. The van der Waals surface area contributed by atoms with Gasteiger partial charge >= 0.3 is 5.97 Å². The molecule has 0 amide bonds. The second kappa shape index (κ2) is 13.2. The molecular formula is C16H28O3. The topological polar surface area (TPSA) is 57.5 Å². The highest BCUT2D eigenvalue weighted by Crippen LogP contribution is 2.10. The Morgan fingerprint density at radius 1 is 0.895 bits per heavy atom. The third-order valence-corrected chi connectivity index (χ3v) is 3.03. The van der Waals surface area contributed by atoms with E-state index in [9.17, 15) is 4.79 Å². The van der Waals surface area contributed by atoms with Crippen molar-refractivity contribution in [2.75, 3.05) is 0 Å². The van der Waals surface area contributed by atoms with Gasteiger partial charge in [-0.05, 0) is 18.9 Å². The number of rotatable bonds is 12. The van der Waals surface area contributed by atoms with Gasteiger partial charge in [-0.2, -0.15) is 0 Å². The lowest BCUT2D eigenvalue weighted by Crippen LogP contribution is -1.89. The Bertz CT molecular complexity index is 280. The smallest absolute Gasteiger partial charge is 0.332 e. The first-order chi connectivity index (χ1) is 9.16. The lowest BCUT2D eigenvalue weighted by molar-refractivity contribution is -0.131. The predicted molar refractivity (Wildman–Crippen MR) is 79.3 cm³/mol. The summed E-state index contributed by atoms with van der Waals surface area (Å²) < 4.78 is 0. The van der Waals surface area contributed by atoms with Crippen molar-refractivity contribution < 1.29 is 15.0 Å². The van der Waals surface area contributed by atoms with E-state index < -0.39 is 5.97 Å². The molecule has 19 heavy (non-hydrogen) atoms. The normalized spacial score (nSPS) is 12.2. The maximum atomic E-state index is 10.2. The van der Waals surface area contributed by atoms with Gasteiger partial charge in [-0.15, -0.1) is 0 Å². The molecule has 0 aliphatic heterocycles. The SMILES string of the molecule is CCCCCCCCCCC/C=C/C(O)=C/C(=O)O. The van der Waals surface area contributed by atoms with E-state index in [2.05, 4.69) is 6.92 Å². The molecule has 0 aromatic rings. The van der Waals surface area contributed by atoms with E-state index in [0.29, 0.717) is 0 Å². The molecule has 0 spiro atoms. The Hall–Kier alpha value is -1.25. The molecule has 0 rings (SSSR count). The average Bonchev–Trinajstić information content (AvgIpc) is 2.35. The quantitative estimate of drug-likeness (QED) is 0.227. The van der Waals surface area contributed by atoms with Gasteiger partial charge in [0.25, 0.3) is 0 Å². The largest absolute Gasteiger partial charge is 0.508 e. The van der Waals surface area contributed by atoms with E-state index in [0.717, 1.165) is 18.9 Å². The number of carbonyl (C=O) groups is 1. The van der Waals surface area contributed by atoms with Crippen molar-refractivity contribution in [2.24, 2.45) is 0 Å².